The van der Waals surface area contributed by atoms with Crippen LogP contribution in [0, 0.1) is 20.8 Å². The van der Waals surface area contributed by atoms with Gasteiger partial charge in [0.25, 0.3) is 0 Å². The van der Waals surface area contributed by atoms with Crippen LogP contribution in [-0.4, -0.2) is 39.2 Å². The summed E-state index contributed by atoms with van der Waals surface area (Å²) in [6.45, 7) is 6.49. The molecule has 1 aliphatic rings. The molecule has 11 heteroatoms. The third-order valence-electron chi connectivity index (χ3n) is 7.38. The number of sulfonamides is 2. The number of rotatable bonds is 8. The average molecular weight is 593 g/mol. The van der Waals surface area contributed by atoms with Crippen LogP contribution in [0.15, 0.2) is 87.0 Å². The van der Waals surface area contributed by atoms with E-state index in [1.165, 1.54) is 27.6 Å². The quantitative estimate of drug-likeness (QED) is 0.294. The molecular weight excluding hydrogens is 560 g/mol. The Balaban J connectivity index is 1.37. The lowest BCUT2D eigenvalue weighted by atomic mass is 9.94. The molecule has 2 heterocycles. The third kappa shape index (κ3) is 5.98. The fraction of sp³-hybridized carbons (Fsp3) is 0.233. The Morgan fingerprint density at radius 2 is 1.73 bits per heavy atom. The van der Waals surface area contributed by atoms with Gasteiger partial charge in [0, 0.05) is 18.7 Å². The van der Waals surface area contributed by atoms with Gasteiger partial charge < -0.3 is 9.73 Å². The minimum atomic E-state index is -4.25. The first-order valence-corrected chi connectivity index (χ1v) is 16.1. The van der Waals surface area contributed by atoms with Gasteiger partial charge in [-0.25, -0.2) is 27.0 Å². The summed E-state index contributed by atoms with van der Waals surface area (Å²) in [6, 6.07) is 19.4. The highest BCUT2D eigenvalue weighted by Crippen LogP contribution is 2.31. The number of hydrogen-bond donors (Lipinski definition) is 2. The Kier molecular flexibility index (Phi) is 7.89. The Hall–Kier alpha value is -3.77. The summed E-state index contributed by atoms with van der Waals surface area (Å²) in [7, 11) is -8.23. The first kappa shape index (κ1) is 28.7. The molecule has 214 valence electrons. The normalized spacial score (nSPS) is 14.6. The summed E-state index contributed by atoms with van der Waals surface area (Å²) in [5.41, 5.74) is 6.14. The maximum absolute atomic E-state index is 13.5. The Labute approximate surface area is 240 Å². The van der Waals surface area contributed by atoms with Crippen LogP contribution in [0.1, 0.15) is 34.6 Å². The van der Waals surface area contributed by atoms with Crippen LogP contribution in [-0.2, 0) is 26.6 Å². The maximum atomic E-state index is 13.5. The van der Waals surface area contributed by atoms with E-state index in [1.54, 1.807) is 6.92 Å². The number of benzene rings is 3. The molecule has 0 aliphatic carbocycles. The second-order valence-corrected chi connectivity index (χ2v) is 13.5. The molecule has 1 aromatic heterocycles. The van der Waals surface area contributed by atoms with E-state index < -0.39 is 20.0 Å². The van der Waals surface area contributed by atoms with Crippen molar-refractivity contribution >= 4 is 31.3 Å². The molecule has 0 fully saturated rings. The van der Waals surface area contributed by atoms with E-state index in [-0.39, 0.29) is 35.1 Å². The fourth-order valence-corrected chi connectivity index (χ4v) is 7.10. The minimum absolute atomic E-state index is 0.139. The smallest absolute Gasteiger partial charge is 0.243 e. The van der Waals surface area contributed by atoms with Gasteiger partial charge in [0.15, 0.2) is 0 Å². The lowest BCUT2D eigenvalue weighted by molar-refractivity contribution is 0.441. The number of anilines is 1. The van der Waals surface area contributed by atoms with Gasteiger partial charge in [-0.3, -0.25) is 0 Å². The molecular formula is C30H32N4O5S2. The van der Waals surface area contributed by atoms with E-state index in [2.05, 4.69) is 30.2 Å². The van der Waals surface area contributed by atoms with Crippen LogP contribution in [0.3, 0.4) is 0 Å². The van der Waals surface area contributed by atoms with Gasteiger partial charge in [0.1, 0.15) is 16.3 Å². The third-order valence-corrected chi connectivity index (χ3v) is 10.2. The molecule has 0 atom stereocenters. The highest BCUT2D eigenvalue weighted by molar-refractivity contribution is 7.90. The zero-order valence-corrected chi connectivity index (χ0v) is 24.7. The van der Waals surface area contributed by atoms with Crippen molar-refractivity contribution in [3.8, 4) is 11.5 Å². The minimum Gasteiger partial charge on any atom is -0.441 e. The highest BCUT2D eigenvalue weighted by Gasteiger charge is 2.29. The predicted octanol–water partition coefficient (Wildman–Crippen LogP) is 5.00. The van der Waals surface area contributed by atoms with Crippen LogP contribution in [0.4, 0.5) is 5.69 Å². The van der Waals surface area contributed by atoms with E-state index in [0.717, 1.165) is 22.8 Å². The molecule has 4 aromatic rings. The molecule has 0 spiro atoms. The summed E-state index contributed by atoms with van der Waals surface area (Å²) < 4.78 is 59.2. The van der Waals surface area contributed by atoms with Crippen molar-refractivity contribution in [2.45, 2.75) is 43.5 Å². The summed E-state index contributed by atoms with van der Waals surface area (Å²) in [4.78, 5) is 4.07. The predicted molar refractivity (Wildman–Crippen MR) is 159 cm³/mol. The molecule has 9 nitrogen and oxygen atoms in total. The summed E-state index contributed by atoms with van der Waals surface area (Å²) in [5.74, 6) is 1.02. The van der Waals surface area contributed by atoms with Crippen molar-refractivity contribution < 1.29 is 21.3 Å². The number of nitrogens with one attached hydrogen (secondary N) is 1. The van der Waals surface area contributed by atoms with E-state index >= 15 is 0 Å². The molecule has 0 unspecified atom stereocenters. The second kappa shape index (κ2) is 11.2. The van der Waals surface area contributed by atoms with Crippen LogP contribution >= 0.6 is 0 Å². The molecule has 41 heavy (non-hydrogen) atoms. The first-order chi connectivity index (χ1) is 19.4. The number of hydrogen-bond acceptors (Lipinski definition) is 7. The van der Waals surface area contributed by atoms with Gasteiger partial charge in [0.2, 0.25) is 25.9 Å². The molecule has 3 aromatic carbocycles. The fourth-order valence-electron chi connectivity index (χ4n) is 4.88. The molecule has 0 saturated heterocycles. The number of primary sulfonamides is 1. The molecule has 0 bridgehead atoms. The number of aryl methyl sites for hydroxylation is 2. The van der Waals surface area contributed by atoms with Crippen molar-refractivity contribution in [3.05, 3.63) is 101 Å². The Morgan fingerprint density at radius 3 is 2.41 bits per heavy atom. The van der Waals surface area contributed by atoms with Crippen LogP contribution < -0.4 is 10.5 Å². The van der Waals surface area contributed by atoms with Crippen LogP contribution in [0.25, 0.3) is 17.0 Å². The molecule has 0 radical (unpaired) electrons. The van der Waals surface area contributed by atoms with Crippen LogP contribution in [0.5, 0.6) is 0 Å². The van der Waals surface area contributed by atoms with E-state index in [9.17, 15) is 16.8 Å². The van der Waals surface area contributed by atoms with E-state index in [0.29, 0.717) is 23.8 Å². The molecule has 0 amide bonds. The SMILES string of the molecule is Cc1cccc(C2=CCN(S(=O)(=O)c3ccc(NCc4nc(-c5ccccc5)oc4C)c(S(N)(=O)=O)c3)CC2)c1C. The van der Waals surface area contributed by atoms with Crippen molar-refractivity contribution in [1.82, 2.24) is 9.29 Å². The van der Waals surface area contributed by atoms with Gasteiger partial charge in [-0.15, -0.1) is 0 Å². The van der Waals surface area contributed by atoms with E-state index in [1.807, 2.05) is 48.5 Å². The number of oxazole rings is 1. The Bertz CT molecular complexity index is 1850. The van der Waals surface area contributed by atoms with Crippen LogP contribution in [0.2, 0.25) is 0 Å². The standard InChI is InChI=1S/C30H32N4O5S2/c1-20-8-7-11-26(21(20)2)23-14-16-34(17-15-23)41(37,38)25-12-13-27(29(18-25)40(31,35)36)32-19-28-22(3)39-30(33-28)24-9-5-4-6-10-24/h4-14,18,32H,15-17,19H2,1-3H3,(H2,31,35,36). The molecule has 5 rings (SSSR count). The van der Waals surface area contributed by atoms with Crippen molar-refractivity contribution in [2.24, 2.45) is 5.14 Å². The first-order valence-electron chi connectivity index (χ1n) is 13.1. The highest BCUT2D eigenvalue weighted by atomic mass is 32.2. The van der Waals surface area contributed by atoms with E-state index in [4.69, 9.17) is 9.56 Å². The van der Waals surface area contributed by atoms with Crippen molar-refractivity contribution in [2.75, 3.05) is 18.4 Å². The van der Waals surface area contributed by atoms with Gasteiger partial charge in [-0.2, -0.15) is 4.31 Å². The average Bonchev–Trinajstić information content (AvgIpc) is 3.33. The summed E-state index contributed by atoms with van der Waals surface area (Å²) >= 11 is 0. The lowest BCUT2D eigenvalue weighted by Crippen LogP contribution is -2.35. The number of nitrogens with two attached hydrogens (primary N) is 1. The van der Waals surface area contributed by atoms with Gasteiger partial charge in [0.05, 0.1) is 17.1 Å². The molecule has 1 aliphatic heterocycles. The lowest BCUT2D eigenvalue weighted by Gasteiger charge is -2.27. The topological polar surface area (TPSA) is 136 Å². The summed E-state index contributed by atoms with van der Waals surface area (Å²) in [5, 5.41) is 8.55. The van der Waals surface area contributed by atoms with Gasteiger partial charge >= 0.3 is 0 Å². The molecule has 0 saturated carbocycles. The van der Waals surface area contributed by atoms with Gasteiger partial charge in [-0.1, -0.05) is 42.5 Å². The zero-order chi connectivity index (χ0) is 29.4. The van der Waals surface area contributed by atoms with Crippen molar-refractivity contribution in [3.63, 3.8) is 0 Å². The number of aromatic nitrogens is 1. The van der Waals surface area contributed by atoms with Gasteiger partial charge in [-0.05, 0) is 79.8 Å². The maximum Gasteiger partial charge on any atom is 0.243 e. The van der Waals surface area contributed by atoms with Crippen molar-refractivity contribution in [1.29, 1.82) is 0 Å². The monoisotopic (exact) mass is 592 g/mol. The Morgan fingerprint density at radius 1 is 0.976 bits per heavy atom. The zero-order valence-electron chi connectivity index (χ0n) is 23.1. The largest absolute Gasteiger partial charge is 0.441 e. The number of nitrogens with zero attached hydrogens (tertiary/aromatic N) is 2. The molecule has 3 N–H and O–H groups in total. The second-order valence-electron chi connectivity index (χ2n) is 10.0. The summed E-state index contributed by atoms with van der Waals surface area (Å²) in [6.07, 6.45) is 2.47.